The van der Waals surface area contributed by atoms with Gasteiger partial charge in [-0.15, -0.1) is 0 Å². The molecule has 1 aliphatic rings. The van der Waals surface area contributed by atoms with E-state index < -0.39 is 5.56 Å². The second-order valence-electron chi connectivity index (χ2n) is 5.67. The van der Waals surface area contributed by atoms with Crippen LogP contribution in [0.15, 0.2) is 35.1 Å². The third kappa shape index (κ3) is 2.46. The highest BCUT2D eigenvalue weighted by Gasteiger charge is 2.15. The molecule has 1 heterocycles. The largest absolute Gasteiger partial charge is 0.300 e. The number of aromatic nitrogens is 1. The fourth-order valence-corrected chi connectivity index (χ4v) is 3.03. The van der Waals surface area contributed by atoms with Crippen LogP contribution < -0.4 is 5.56 Å². The van der Waals surface area contributed by atoms with E-state index in [1.54, 1.807) is 6.07 Å². The summed E-state index contributed by atoms with van der Waals surface area (Å²) in [5.41, 5.74) is 3.93. The quantitative estimate of drug-likeness (QED) is 0.873. The molecular formula is C18H16N2O2. The maximum absolute atomic E-state index is 12.4. The van der Waals surface area contributed by atoms with E-state index in [0.29, 0.717) is 5.69 Å². The van der Waals surface area contributed by atoms with Gasteiger partial charge in [-0.25, -0.2) is 0 Å². The van der Waals surface area contributed by atoms with Crippen molar-refractivity contribution in [3.63, 3.8) is 0 Å². The summed E-state index contributed by atoms with van der Waals surface area (Å²) in [5, 5.41) is 9.02. The monoisotopic (exact) mass is 292 g/mol. The number of ketones is 1. The molecule has 0 unspecified atom stereocenters. The van der Waals surface area contributed by atoms with Crippen molar-refractivity contribution in [3.8, 4) is 17.3 Å². The van der Waals surface area contributed by atoms with Crippen molar-refractivity contribution >= 4 is 5.78 Å². The number of fused-ring (bicyclic) bond motifs is 1. The highest BCUT2D eigenvalue weighted by atomic mass is 16.1. The van der Waals surface area contributed by atoms with Crippen LogP contribution in [0.2, 0.25) is 0 Å². The Kier molecular flexibility index (Phi) is 3.64. The Morgan fingerprint density at radius 2 is 2.00 bits per heavy atom. The standard InChI is InChI=1S/C18H16N2O2/c1-12(21)11-20-17(8-7-16(10-19)18(20)22)15-6-5-13-3-2-4-14(13)9-15/h5-9H,2-4,11H2,1H3. The van der Waals surface area contributed by atoms with Crippen LogP contribution in [0.25, 0.3) is 11.3 Å². The van der Waals surface area contributed by atoms with Crippen molar-refractivity contribution in [1.82, 2.24) is 4.57 Å². The normalized spacial score (nSPS) is 12.7. The number of hydrogen-bond acceptors (Lipinski definition) is 3. The molecule has 0 fully saturated rings. The van der Waals surface area contributed by atoms with Crippen LogP contribution in [0, 0.1) is 11.3 Å². The summed E-state index contributed by atoms with van der Waals surface area (Å²) in [6.07, 6.45) is 3.31. The summed E-state index contributed by atoms with van der Waals surface area (Å²) in [7, 11) is 0. The maximum Gasteiger partial charge on any atom is 0.269 e. The van der Waals surface area contributed by atoms with Crippen LogP contribution in [-0.4, -0.2) is 10.4 Å². The van der Waals surface area contributed by atoms with E-state index in [1.165, 1.54) is 28.7 Å². The summed E-state index contributed by atoms with van der Waals surface area (Å²) in [4.78, 5) is 23.8. The number of aryl methyl sites for hydroxylation is 2. The van der Waals surface area contributed by atoms with Gasteiger partial charge in [0, 0.05) is 0 Å². The smallest absolute Gasteiger partial charge is 0.269 e. The van der Waals surface area contributed by atoms with E-state index in [2.05, 4.69) is 12.1 Å². The van der Waals surface area contributed by atoms with Crippen LogP contribution in [0.5, 0.6) is 0 Å². The average molecular weight is 292 g/mol. The van der Waals surface area contributed by atoms with Gasteiger partial charge in [0.05, 0.1) is 12.2 Å². The number of benzene rings is 1. The number of carbonyl (C=O) groups excluding carboxylic acids is 1. The zero-order valence-electron chi connectivity index (χ0n) is 12.4. The van der Waals surface area contributed by atoms with E-state index in [-0.39, 0.29) is 17.9 Å². The molecule has 0 N–H and O–H groups in total. The molecular weight excluding hydrogens is 276 g/mol. The molecule has 0 radical (unpaired) electrons. The summed E-state index contributed by atoms with van der Waals surface area (Å²) in [5.74, 6) is -0.111. The van der Waals surface area contributed by atoms with E-state index in [1.807, 2.05) is 12.1 Å². The molecule has 1 aromatic carbocycles. The number of pyridine rings is 1. The molecule has 0 amide bonds. The van der Waals surface area contributed by atoms with E-state index in [9.17, 15) is 9.59 Å². The van der Waals surface area contributed by atoms with Crippen molar-refractivity contribution < 1.29 is 4.79 Å². The molecule has 0 saturated carbocycles. The van der Waals surface area contributed by atoms with Crippen LogP contribution in [-0.2, 0) is 24.2 Å². The second-order valence-corrected chi connectivity index (χ2v) is 5.67. The van der Waals surface area contributed by atoms with Gasteiger partial charge in [0.2, 0.25) is 0 Å². The number of Topliss-reactive ketones (excluding diaryl/α,β-unsaturated/α-hetero) is 1. The van der Waals surface area contributed by atoms with Crippen LogP contribution in [0.3, 0.4) is 0 Å². The zero-order valence-corrected chi connectivity index (χ0v) is 12.4. The minimum Gasteiger partial charge on any atom is -0.300 e. The Labute approximate surface area is 128 Å². The van der Waals surface area contributed by atoms with E-state index >= 15 is 0 Å². The lowest BCUT2D eigenvalue weighted by molar-refractivity contribution is -0.117. The van der Waals surface area contributed by atoms with Crippen molar-refractivity contribution in [2.45, 2.75) is 32.7 Å². The molecule has 0 aliphatic heterocycles. The summed E-state index contributed by atoms with van der Waals surface area (Å²) in [6, 6.07) is 11.3. The van der Waals surface area contributed by atoms with Crippen LogP contribution in [0.4, 0.5) is 0 Å². The zero-order chi connectivity index (χ0) is 15.7. The Morgan fingerprint density at radius 1 is 1.23 bits per heavy atom. The Bertz CT molecular complexity index is 856. The van der Waals surface area contributed by atoms with Gasteiger partial charge in [-0.2, -0.15) is 5.26 Å². The first-order valence-corrected chi connectivity index (χ1v) is 7.35. The number of nitrogens with zero attached hydrogens (tertiary/aromatic N) is 2. The van der Waals surface area contributed by atoms with Gasteiger partial charge in [-0.1, -0.05) is 12.1 Å². The van der Waals surface area contributed by atoms with Crippen molar-refractivity contribution in [3.05, 3.63) is 57.4 Å². The molecule has 1 aliphatic carbocycles. The van der Waals surface area contributed by atoms with Gasteiger partial charge in [0.25, 0.3) is 5.56 Å². The molecule has 0 spiro atoms. The fraction of sp³-hybridized carbons (Fsp3) is 0.278. The lowest BCUT2D eigenvalue weighted by atomic mass is 10.0. The van der Waals surface area contributed by atoms with E-state index in [4.69, 9.17) is 5.26 Å². The number of nitriles is 1. The second kappa shape index (κ2) is 5.61. The molecule has 22 heavy (non-hydrogen) atoms. The van der Waals surface area contributed by atoms with Crippen molar-refractivity contribution in [1.29, 1.82) is 5.26 Å². The van der Waals surface area contributed by atoms with Gasteiger partial charge >= 0.3 is 0 Å². The molecule has 0 saturated heterocycles. The molecule has 0 atom stereocenters. The lowest BCUT2D eigenvalue weighted by Crippen LogP contribution is -2.26. The minimum atomic E-state index is -0.407. The predicted molar refractivity (Wildman–Crippen MR) is 83.6 cm³/mol. The molecule has 4 nitrogen and oxygen atoms in total. The minimum absolute atomic E-state index is 0.0131. The summed E-state index contributed by atoms with van der Waals surface area (Å²) in [6.45, 7) is 1.43. The van der Waals surface area contributed by atoms with Gasteiger partial charge in [-0.05, 0) is 61.1 Å². The predicted octanol–water partition coefficient (Wildman–Crippen LogP) is 2.46. The fourth-order valence-electron chi connectivity index (χ4n) is 3.03. The van der Waals surface area contributed by atoms with Gasteiger partial charge in [0.15, 0.2) is 0 Å². The van der Waals surface area contributed by atoms with Crippen LogP contribution in [0.1, 0.15) is 30.0 Å². The Morgan fingerprint density at radius 3 is 2.73 bits per heavy atom. The topological polar surface area (TPSA) is 62.9 Å². The third-order valence-electron chi connectivity index (χ3n) is 4.07. The van der Waals surface area contributed by atoms with Gasteiger partial charge < -0.3 is 0 Å². The highest BCUT2D eigenvalue weighted by molar-refractivity contribution is 5.76. The first-order valence-electron chi connectivity index (χ1n) is 7.35. The first-order chi connectivity index (χ1) is 10.6. The highest BCUT2D eigenvalue weighted by Crippen LogP contribution is 2.27. The number of rotatable bonds is 3. The number of carbonyl (C=O) groups is 1. The average Bonchev–Trinajstić information content (AvgIpc) is 2.96. The third-order valence-corrected chi connectivity index (χ3v) is 4.07. The Hall–Kier alpha value is -2.67. The van der Waals surface area contributed by atoms with Gasteiger partial charge in [0.1, 0.15) is 17.4 Å². The molecule has 1 aromatic heterocycles. The molecule has 110 valence electrons. The summed E-state index contributed by atoms with van der Waals surface area (Å²) < 4.78 is 1.40. The summed E-state index contributed by atoms with van der Waals surface area (Å²) >= 11 is 0. The maximum atomic E-state index is 12.4. The SMILES string of the molecule is CC(=O)Cn1c(-c2ccc3c(c2)CCC3)ccc(C#N)c1=O. The van der Waals surface area contributed by atoms with Crippen molar-refractivity contribution in [2.24, 2.45) is 0 Å². The number of hydrogen-bond donors (Lipinski definition) is 0. The van der Waals surface area contributed by atoms with E-state index in [0.717, 1.165) is 24.8 Å². The first kappa shape index (κ1) is 14.3. The molecule has 3 rings (SSSR count). The molecule has 4 heteroatoms. The van der Waals surface area contributed by atoms with Gasteiger partial charge in [-0.3, -0.25) is 14.2 Å². The van der Waals surface area contributed by atoms with Crippen LogP contribution >= 0.6 is 0 Å². The molecule has 2 aromatic rings. The lowest BCUT2D eigenvalue weighted by Gasteiger charge is -2.13. The van der Waals surface area contributed by atoms with Crippen molar-refractivity contribution in [2.75, 3.05) is 0 Å². The molecule has 0 bridgehead atoms. The Balaban J connectivity index is 2.18.